The second kappa shape index (κ2) is 7.96. The minimum atomic E-state index is 0.495. The van der Waals surface area contributed by atoms with Crippen molar-refractivity contribution in [1.82, 2.24) is 10.2 Å². The van der Waals surface area contributed by atoms with Crippen molar-refractivity contribution < 1.29 is 0 Å². The lowest BCUT2D eigenvalue weighted by atomic mass is 9.91. The lowest BCUT2D eigenvalue weighted by Gasteiger charge is -2.34. The maximum atomic E-state index is 6.21. The Labute approximate surface area is 138 Å². The third kappa shape index (κ3) is 4.22. The van der Waals surface area contributed by atoms with E-state index in [0.29, 0.717) is 12.1 Å². The molecule has 1 heterocycles. The summed E-state index contributed by atoms with van der Waals surface area (Å²) in [4.78, 5) is 3.88. The molecule has 0 radical (unpaired) electrons. The van der Waals surface area contributed by atoms with Gasteiger partial charge in [0.15, 0.2) is 0 Å². The van der Waals surface area contributed by atoms with E-state index in [1.54, 1.807) is 11.3 Å². The number of fused-ring (bicyclic) bond motifs is 1. The zero-order valence-electron chi connectivity index (χ0n) is 13.8. The molecule has 1 N–H and O–H groups in total. The predicted octanol–water partition coefficient (Wildman–Crippen LogP) is 4.73. The summed E-state index contributed by atoms with van der Waals surface area (Å²) in [6.07, 6.45) is 6.22. The van der Waals surface area contributed by atoms with Crippen LogP contribution in [0, 0.1) is 5.92 Å². The molecule has 2 rings (SSSR count). The Kier molecular flexibility index (Phi) is 6.54. The highest BCUT2D eigenvalue weighted by atomic mass is 35.5. The Balaban J connectivity index is 2.01. The van der Waals surface area contributed by atoms with Gasteiger partial charge in [0, 0.05) is 23.5 Å². The molecule has 0 bridgehead atoms. The summed E-state index contributed by atoms with van der Waals surface area (Å²) in [7, 11) is 4.41. The van der Waals surface area contributed by atoms with Gasteiger partial charge in [-0.15, -0.1) is 11.3 Å². The SMILES string of the molecule is CCC(CC)C(CNC1CCCc2sc(Cl)cc21)N(C)C. The van der Waals surface area contributed by atoms with Crippen LogP contribution in [0.3, 0.4) is 0 Å². The number of rotatable bonds is 7. The number of halogens is 1. The average Bonchev–Trinajstić information content (AvgIpc) is 2.83. The van der Waals surface area contributed by atoms with E-state index in [2.05, 4.69) is 44.2 Å². The Morgan fingerprint density at radius 2 is 2.10 bits per heavy atom. The summed E-state index contributed by atoms with van der Waals surface area (Å²) in [5.41, 5.74) is 1.46. The zero-order valence-corrected chi connectivity index (χ0v) is 15.4. The summed E-state index contributed by atoms with van der Waals surface area (Å²) >= 11 is 7.97. The first-order chi connectivity index (χ1) is 10.1. The molecule has 1 aromatic heterocycles. The zero-order chi connectivity index (χ0) is 15.4. The smallest absolute Gasteiger partial charge is 0.0934 e. The second-order valence-electron chi connectivity index (χ2n) is 6.39. The van der Waals surface area contributed by atoms with Crippen molar-refractivity contribution in [3.05, 3.63) is 20.8 Å². The van der Waals surface area contributed by atoms with E-state index in [1.807, 2.05) is 0 Å². The van der Waals surface area contributed by atoms with Crippen LogP contribution in [0.1, 0.15) is 56.0 Å². The van der Waals surface area contributed by atoms with Gasteiger partial charge < -0.3 is 10.2 Å². The largest absolute Gasteiger partial charge is 0.308 e. The summed E-state index contributed by atoms with van der Waals surface area (Å²) in [5, 5.41) is 3.83. The average molecular weight is 329 g/mol. The number of nitrogens with one attached hydrogen (secondary N) is 1. The fourth-order valence-corrected chi connectivity index (χ4v) is 4.98. The molecule has 0 amide bonds. The Morgan fingerprint density at radius 1 is 1.38 bits per heavy atom. The van der Waals surface area contributed by atoms with Gasteiger partial charge in [-0.1, -0.05) is 38.3 Å². The molecule has 0 aromatic carbocycles. The monoisotopic (exact) mass is 328 g/mol. The molecular weight excluding hydrogens is 300 g/mol. The number of nitrogens with zero attached hydrogens (tertiary/aromatic N) is 1. The minimum Gasteiger partial charge on any atom is -0.308 e. The molecule has 0 saturated heterocycles. The van der Waals surface area contributed by atoms with Gasteiger partial charge >= 0.3 is 0 Å². The molecule has 0 saturated carbocycles. The standard InChI is InChI=1S/C17H29ClN2S/c1-5-12(6-2)15(20(3)4)11-19-14-8-7-9-16-13(14)10-17(18)21-16/h10,12,14-15,19H,5-9,11H2,1-4H3. The maximum Gasteiger partial charge on any atom is 0.0934 e. The fourth-order valence-electron chi connectivity index (χ4n) is 3.60. The summed E-state index contributed by atoms with van der Waals surface area (Å²) < 4.78 is 0.942. The first kappa shape index (κ1) is 17.3. The number of hydrogen-bond donors (Lipinski definition) is 1. The van der Waals surface area contributed by atoms with Gasteiger partial charge in [-0.25, -0.2) is 0 Å². The van der Waals surface area contributed by atoms with E-state index in [1.165, 1.54) is 42.5 Å². The molecule has 0 aliphatic heterocycles. The van der Waals surface area contributed by atoms with Crippen LogP contribution in [0.4, 0.5) is 0 Å². The second-order valence-corrected chi connectivity index (χ2v) is 8.16. The van der Waals surface area contributed by atoms with E-state index < -0.39 is 0 Å². The highest BCUT2D eigenvalue weighted by Crippen LogP contribution is 2.37. The molecule has 2 nitrogen and oxygen atoms in total. The van der Waals surface area contributed by atoms with Crippen LogP contribution in [0.15, 0.2) is 6.07 Å². The number of aryl methyl sites for hydroxylation is 1. The normalized spacial score (nSPS) is 20.0. The van der Waals surface area contributed by atoms with Gasteiger partial charge in [-0.2, -0.15) is 0 Å². The first-order valence-electron chi connectivity index (χ1n) is 8.24. The molecule has 1 aromatic rings. The third-order valence-corrected chi connectivity index (χ3v) is 6.25. The van der Waals surface area contributed by atoms with Crippen molar-refractivity contribution in [2.45, 2.75) is 58.0 Å². The molecule has 4 heteroatoms. The van der Waals surface area contributed by atoms with Crippen molar-refractivity contribution in [3.8, 4) is 0 Å². The number of thiophene rings is 1. The van der Waals surface area contributed by atoms with E-state index in [-0.39, 0.29) is 0 Å². The van der Waals surface area contributed by atoms with E-state index in [4.69, 9.17) is 11.6 Å². The van der Waals surface area contributed by atoms with Gasteiger partial charge in [0.25, 0.3) is 0 Å². The van der Waals surface area contributed by atoms with E-state index in [0.717, 1.165) is 16.8 Å². The molecule has 120 valence electrons. The fraction of sp³-hybridized carbons (Fsp3) is 0.765. The Hall–Kier alpha value is -0.0900. The van der Waals surface area contributed by atoms with Crippen molar-refractivity contribution in [2.75, 3.05) is 20.6 Å². The molecule has 2 unspecified atom stereocenters. The van der Waals surface area contributed by atoms with Crippen molar-refractivity contribution in [1.29, 1.82) is 0 Å². The van der Waals surface area contributed by atoms with Crippen LogP contribution in [0.5, 0.6) is 0 Å². The maximum absolute atomic E-state index is 6.21. The quantitative estimate of drug-likeness (QED) is 0.778. The molecule has 1 aliphatic carbocycles. The lowest BCUT2D eigenvalue weighted by Crippen LogP contribution is -2.44. The Bertz CT molecular complexity index is 440. The molecule has 21 heavy (non-hydrogen) atoms. The first-order valence-corrected chi connectivity index (χ1v) is 9.44. The van der Waals surface area contributed by atoms with Crippen LogP contribution in [0.25, 0.3) is 0 Å². The van der Waals surface area contributed by atoms with E-state index in [9.17, 15) is 0 Å². The van der Waals surface area contributed by atoms with Crippen LogP contribution >= 0.6 is 22.9 Å². The van der Waals surface area contributed by atoms with Crippen LogP contribution in [-0.2, 0) is 6.42 Å². The van der Waals surface area contributed by atoms with Crippen LogP contribution in [0.2, 0.25) is 4.34 Å². The minimum absolute atomic E-state index is 0.495. The molecule has 2 atom stereocenters. The van der Waals surface area contributed by atoms with Gasteiger partial charge in [0.1, 0.15) is 0 Å². The summed E-state index contributed by atoms with van der Waals surface area (Å²) in [6.45, 7) is 5.68. The van der Waals surface area contributed by atoms with Crippen LogP contribution in [-0.4, -0.2) is 31.6 Å². The molecule has 0 spiro atoms. The van der Waals surface area contributed by atoms with Gasteiger partial charge in [0.2, 0.25) is 0 Å². The van der Waals surface area contributed by atoms with Crippen molar-refractivity contribution >= 4 is 22.9 Å². The van der Waals surface area contributed by atoms with Crippen molar-refractivity contribution in [3.63, 3.8) is 0 Å². The molecular formula is C17H29ClN2S. The lowest BCUT2D eigenvalue weighted by molar-refractivity contribution is 0.187. The number of hydrogen-bond acceptors (Lipinski definition) is 3. The Morgan fingerprint density at radius 3 is 2.71 bits per heavy atom. The topological polar surface area (TPSA) is 15.3 Å². The van der Waals surface area contributed by atoms with Crippen molar-refractivity contribution in [2.24, 2.45) is 5.92 Å². The molecule has 0 fully saturated rings. The van der Waals surface area contributed by atoms with Gasteiger partial charge in [-0.3, -0.25) is 0 Å². The highest BCUT2D eigenvalue weighted by molar-refractivity contribution is 7.16. The third-order valence-electron chi connectivity index (χ3n) is 4.91. The summed E-state index contributed by atoms with van der Waals surface area (Å²) in [5.74, 6) is 0.765. The van der Waals surface area contributed by atoms with Gasteiger partial charge in [0.05, 0.1) is 4.34 Å². The number of likely N-dealkylation sites (N-methyl/N-ethyl adjacent to an activating group) is 1. The van der Waals surface area contributed by atoms with E-state index >= 15 is 0 Å². The summed E-state index contributed by atoms with van der Waals surface area (Å²) in [6, 6.07) is 3.29. The predicted molar refractivity (Wildman–Crippen MR) is 94.6 cm³/mol. The van der Waals surface area contributed by atoms with Gasteiger partial charge in [-0.05, 0) is 50.9 Å². The highest BCUT2D eigenvalue weighted by Gasteiger charge is 2.25. The molecule has 1 aliphatic rings. The van der Waals surface area contributed by atoms with Crippen LogP contribution < -0.4 is 5.32 Å².